The number of nitrogens with two attached hydrogens (primary N) is 1. The highest BCUT2D eigenvalue weighted by Crippen LogP contribution is 2.09. The van der Waals surface area contributed by atoms with Gasteiger partial charge in [-0.05, 0) is 30.4 Å². The van der Waals surface area contributed by atoms with E-state index in [-0.39, 0.29) is 0 Å². The molecule has 0 aliphatic carbocycles. The second kappa shape index (κ2) is 6.21. The van der Waals surface area contributed by atoms with Crippen LogP contribution in [0.25, 0.3) is 0 Å². The quantitative estimate of drug-likeness (QED) is 0.773. The highest BCUT2D eigenvalue weighted by atomic mass is 15.0. The Hall–Kier alpha value is -1.61. The Morgan fingerprint density at radius 3 is 2.82 bits per heavy atom. The Labute approximate surface area is 102 Å². The monoisotopic (exact) mass is 229 g/mol. The minimum Gasteiger partial charge on any atom is -0.337 e. The first-order chi connectivity index (χ1) is 8.38. The highest BCUT2D eigenvalue weighted by Gasteiger charge is 1.96. The van der Waals surface area contributed by atoms with E-state index in [1.807, 2.05) is 18.7 Å². The minimum absolute atomic E-state index is 0.628. The van der Waals surface area contributed by atoms with Crippen LogP contribution in [0.3, 0.4) is 0 Å². The molecule has 2 aromatic rings. The topological polar surface area (TPSA) is 43.8 Å². The summed E-state index contributed by atoms with van der Waals surface area (Å²) in [7, 11) is 0. The predicted octanol–water partition coefficient (Wildman–Crippen LogP) is 2.36. The summed E-state index contributed by atoms with van der Waals surface area (Å²) in [6.07, 6.45) is 9.22. The van der Waals surface area contributed by atoms with Crippen molar-refractivity contribution in [3.05, 3.63) is 54.1 Å². The van der Waals surface area contributed by atoms with Gasteiger partial charge in [0.05, 0.1) is 6.33 Å². The lowest BCUT2D eigenvalue weighted by molar-refractivity contribution is 0.609. The Morgan fingerprint density at radius 2 is 2.06 bits per heavy atom. The van der Waals surface area contributed by atoms with Crippen molar-refractivity contribution in [3.63, 3.8) is 0 Å². The van der Waals surface area contributed by atoms with Crippen molar-refractivity contribution in [2.24, 2.45) is 5.73 Å². The lowest BCUT2D eigenvalue weighted by atomic mass is 10.1. The van der Waals surface area contributed by atoms with Crippen LogP contribution in [0.1, 0.15) is 24.0 Å². The number of hydrogen-bond donors (Lipinski definition) is 1. The van der Waals surface area contributed by atoms with Gasteiger partial charge < -0.3 is 10.3 Å². The summed E-state index contributed by atoms with van der Waals surface area (Å²) in [5.41, 5.74) is 8.23. The Bertz CT molecular complexity index is 434. The van der Waals surface area contributed by atoms with Crippen LogP contribution in [0, 0.1) is 0 Å². The van der Waals surface area contributed by atoms with Crippen LogP contribution in [-0.2, 0) is 19.5 Å². The number of unbranched alkanes of at least 4 members (excludes halogenated alkanes) is 1. The van der Waals surface area contributed by atoms with E-state index in [2.05, 4.69) is 33.8 Å². The van der Waals surface area contributed by atoms with E-state index in [4.69, 9.17) is 5.73 Å². The van der Waals surface area contributed by atoms with Gasteiger partial charge in [-0.3, -0.25) is 0 Å². The fraction of sp³-hybridized carbons (Fsp3) is 0.357. The fourth-order valence-electron chi connectivity index (χ4n) is 1.95. The molecule has 0 amide bonds. The standard InChI is InChI=1S/C14H19N3/c15-11-14-6-3-5-13(10-14)4-1-2-8-17-9-7-16-12-17/h3,5-7,9-10,12H,1-2,4,8,11,15H2. The van der Waals surface area contributed by atoms with E-state index in [9.17, 15) is 0 Å². The van der Waals surface area contributed by atoms with Crippen molar-refractivity contribution in [2.45, 2.75) is 32.4 Å². The maximum absolute atomic E-state index is 5.63. The zero-order chi connectivity index (χ0) is 11.9. The molecule has 0 aliphatic heterocycles. The molecule has 2 rings (SSSR count). The van der Waals surface area contributed by atoms with Gasteiger partial charge in [-0.2, -0.15) is 0 Å². The van der Waals surface area contributed by atoms with E-state index in [0.717, 1.165) is 13.0 Å². The molecule has 90 valence electrons. The average Bonchev–Trinajstić information content (AvgIpc) is 2.88. The first-order valence-electron chi connectivity index (χ1n) is 6.12. The van der Waals surface area contributed by atoms with Crippen molar-refractivity contribution in [1.82, 2.24) is 9.55 Å². The van der Waals surface area contributed by atoms with Crippen LogP contribution < -0.4 is 5.73 Å². The number of aromatic nitrogens is 2. The van der Waals surface area contributed by atoms with Gasteiger partial charge in [0.1, 0.15) is 0 Å². The molecule has 0 saturated heterocycles. The lowest BCUT2D eigenvalue weighted by Gasteiger charge is -2.04. The average molecular weight is 229 g/mol. The summed E-state index contributed by atoms with van der Waals surface area (Å²) in [4.78, 5) is 4.03. The number of benzene rings is 1. The van der Waals surface area contributed by atoms with Gasteiger partial charge in [-0.15, -0.1) is 0 Å². The van der Waals surface area contributed by atoms with Crippen LogP contribution in [0.5, 0.6) is 0 Å². The third-order valence-corrected chi connectivity index (χ3v) is 2.92. The predicted molar refractivity (Wildman–Crippen MR) is 69.5 cm³/mol. The van der Waals surface area contributed by atoms with Gasteiger partial charge in [0.15, 0.2) is 0 Å². The van der Waals surface area contributed by atoms with Crippen LogP contribution in [0.4, 0.5) is 0 Å². The van der Waals surface area contributed by atoms with Gasteiger partial charge in [0.2, 0.25) is 0 Å². The Morgan fingerprint density at radius 1 is 1.18 bits per heavy atom. The molecule has 1 heterocycles. The molecule has 0 radical (unpaired) electrons. The molecule has 0 atom stereocenters. The summed E-state index contributed by atoms with van der Waals surface area (Å²) in [6.45, 7) is 1.68. The molecular formula is C14H19N3. The van der Waals surface area contributed by atoms with E-state index < -0.39 is 0 Å². The molecule has 3 nitrogen and oxygen atoms in total. The third kappa shape index (κ3) is 3.71. The molecule has 0 saturated carbocycles. The molecule has 1 aromatic carbocycles. The molecule has 0 aliphatic rings. The highest BCUT2D eigenvalue weighted by molar-refractivity contribution is 5.23. The van der Waals surface area contributed by atoms with Crippen LogP contribution in [0.2, 0.25) is 0 Å². The molecule has 17 heavy (non-hydrogen) atoms. The molecule has 0 unspecified atom stereocenters. The van der Waals surface area contributed by atoms with Crippen LogP contribution in [0.15, 0.2) is 43.0 Å². The largest absolute Gasteiger partial charge is 0.337 e. The number of hydrogen-bond acceptors (Lipinski definition) is 2. The van der Waals surface area contributed by atoms with Crippen molar-refractivity contribution >= 4 is 0 Å². The number of aryl methyl sites for hydroxylation is 2. The molecule has 0 fully saturated rings. The van der Waals surface area contributed by atoms with Crippen LogP contribution >= 0.6 is 0 Å². The Kier molecular flexibility index (Phi) is 4.33. The van der Waals surface area contributed by atoms with Crippen LogP contribution in [-0.4, -0.2) is 9.55 Å². The molecule has 0 spiro atoms. The maximum Gasteiger partial charge on any atom is 0.0945 e. The zero-order valence-corrected chi connectivity index (χ0v) is 10.0. The second-order valence-electron chi connectivity index (χ2n) is 4.28. The van der Waals surface area contributed by atoms with E-state index in [1.165, 1.54) is 24.0 Å². The van der Waals surface area contributed by atoms with Crippen molar-refractivity contribution in [3.8, 4) is 0 Å². The molecule has 3 heteroatoms. The van der Waals surface area contributed by atoms with Gasteiger partial charge in [0, 0.05) is 25.5 Å². The van der Waals surface area contributed by atoms with Crippen molar-refractivity contribution in [2.75, 3.05) is 0 Å². The second-order valence-corrected chi connectivity index (χ2v) is 4.28. The first kappa shape index (κ1) is 11.9. The summed E-state index contributed by atoms with van der Waals surface area (Å²) in [6, 6.07) is 8.55. The van der Waals surface area contributed by atoms with Gasteiger partial charge >= 0.3 is 0 Å². The van der Waals surface area contributed by atoms with Crippen molar-refractivity contribution < 1.29 is 0 Å². The number of nitrogens with zero attached hydrogens (tertiary/aromatic N) is 2. The number of imidazole rings is 1. The van der Waals surface area contributed by atoms with Gasteiger partial charge in [-0.1, -0.05) is 24.3 Å². The summed E-state index contributed by atoms with van der Waals surface area (Å²) in [5, 5.41) is 0. The minimum atomic E-state index is 0.628. The van der Waals surface area contributed by atoms with E-state index in [1.54, 1.807) is 0 Å². The summed E-state index contributed by atoms with van der Waals surface area (Å²) < 4.78 is 2.12. The number of rotatable bonds is 6. The normalized spacial score (nSPS) is 10.6. The lowest BCUT2D eigenvalue weighted by Crippen LogP contribution is -1.98. The van der Waals surface area contributed by atoms with E-state index >= 15 is 0 Å². The molecule has 0 bridgehead atoms. The molecule has 2 N–H and O–H groups in total. The molecular weight excluding hydrogens is 210 g/mol. The molecule has 1 aromatic heterocycles. The maximum atomic E-state index is 5.63. The Balaban J connectivity index is 1.74. The third-order valence-electron chi connectivity index (χ3n) is 2.92. The summed E-state index contributed by atoms with van der Waals surface area (Å²) in [5.74, 6) is 0. The van der Waals surface area contributed by atoms with Gasteiger partial charge in [0.25, 0.3) is 0 Å². The SMILES string of the molecule is NCc1cccc(CCCCn2ccnc2)c1. The summed E-state index contributed by atoms with van der Waals surface area (Å²) >= 11 is 0. The van der Waals surface area contributed by atoms with E-state index in [0.29, 0.717) is 6.54 Å². The zero-order valence-electron chi connectivity index (χ0n) is 10.0. The first-order valence-corrected chi connectivity index (χ1v) is 6.12. The smallest absolute Gasteiger partial charge is 0.0945 e. The van der Waals surface area contributed by atoms with Crippen molar-refractivity contribution in [1.29, 1.82) is 0 Å². The van der Waals surface area contributed by atoms with Gasteiger partial charge in [-0.25, -0.2) is 4.98 Å². The fourth-order valence-corrected chi connectivity index (χ4v) is 1.95.